The van der Waals surface area contributed by atoms with Crippen molar-refractivity contribution in [1.82, 2.24) is 4.98 Å². The summed E-state index contributed by atoms with van der Waals surface area (Å²) in [7, 11) is -5.84. The van der Waals surface area contributed by atoms with Gasteiger partial charge < -0.3 is 4.98 Å². The van der Waals surface area contributed by atoms with E-state index in [4.69, 9.17) is 13.0 Å². The molecule has 1 aromatic heterocycles. The van der Waals surface area contributed by atoms with E-state index < -0.39 is 15.6 Å². The highest BCUT2D eigenvalue weighted by atomic mass is 32.2. The Morgan fingerprint density at radius 3 is 2.12 bits per heavy atom. The van der Waals surface area contributed by atoms with Gasteiger partial charge in [-0.25, -0.2) is 0 Å². The highest BCUT2D eigenvalue weighted by Crippen LogP contribution is 2.20. The smallest absolute Gasteiger partial charge is 0.361 e. The van der Waals surface area contributed by atoms with E-state index in [1.54, 1.807) is 0 Å². The maximum atomic E-state index is 10.7. The first-order valence-corrected chi connectivity index (χ1v) is 5.72. The summed E-state index contributed by atoms with van der Waals surface area (Å²) in [6.07, 6.45) is 1.95. The summed E-state index contributed by atoms with van der Waals surface area (Å²) in [4.78, 5) is 3.12. The van der Waals surface area contributed by atoms with Crippen LogP contribution < -0.4 is 0 Å². The van der Waals surface area contributed by atoms with E-state index in [-0.39, 0.29) is 0 Å². The zero-order valence-corrected chi connectivity index (χ0v) is 9.09. The number of H-pyrrole nitrogens is 1. The number of aromatic amines is 1. The number of para-hydroxylation sites is 1. The molecule has 2 N–H and O–H groups in total. The average Bonchev–Trinajstić information content (AvgIpc) is 2.62. The van der Waals surface area contributed by atoms with Crippen molar-refractivity contribution in [3.63, 3.8) is 0 Å². The molecule has 1 heterocycles. The summed E-state index contributed by atoms with van der Waals surface area (Å²) in [5.41, 5.74) is -4.33. The second-order valence-corrected chi connectivity index (χ2v) is 4.40. The fourth-order valence-electron chi connectivity index (χ4n) is 0.995. The minimum atomic E-state index is -5.84. The van der Waals surface area contributed by atoms with Gasteiger partial charge in [0, 0.05) is 11.7 Å². The van der Waals surface area contributed by atoms with Crippen LogP contribution in [0.3, 0.4) is 0 Å². The lowest BCUT2D eigenvalue weighted by Gasteiger charge is -1.97. The Labute approximate surface area is 94.8 Å². The fraction of sp³-hybridized carbons (Fsp3) is 0.111. The maximum Gasteiger partial charge on any atom is 0.522 e. The molecule has 0 atom stereocenters. The summed E-state index contributed by atoms with van der Waals surface area (Å²) < 4.78 is 57.5. The summed E-state index contributed by atoms with van der Waals surface area (Å²) >= 11 is 0. The molecule has 0 saturated carbocycles. The lowest BCUT2D eigenvalue weighted by molar-refractivity contribution is -0.0510. The minimum absolute atomic E-state index is 1.21. The van der Waals surface area contributed by atoms with Crippen LogP contribution in [-0.4, -0.2) is 23.5 Å². The molecule has 0 bridgehead atoms. The number of aromatic nitrogens is 1. The molecule has 1 aromatic carbocycles. The Morgan fingerprint density at radius 2 is 1.65 bits per heavy atom. The van der Waals surface area contributed by atoms with Crippen molar-refractivity contribution in [1.29, 1.82) is 0 Å². The standard InChI is InChI=1S/C8H7N.CHF3O3S/c1-2-4-8-7(3-1)5-6-9-8;2-1(3,4)8(5,6)7/h1-6,9H;(H,5,6,7). The van der Waals surface area contributed by atoms with Gasteiger partial charge in [-0.1, -0.05) is 18.2 Å². The summed E-state index contributed by atoms with van der Waals surface area (Å²) in [5.74, 6) is 0. The highest BCUT2D eigenvalue weighted by molar-refractivity contribution is 7.86. The number of fused-ring (bicyclic) bond motifs is 1. The van der Waals surface area contributed by atoms with Crippen molar-refractivity contribution in [2.75, 3.05) is 0 Å². The maximum absolute atomic E-state index is 10.7. The van der Waals surface area contributed by atoms with Crippen LogP contribution in [0.1, 0.15) is 0 Å². The molecule has 0 saturated heterocycles. The van der Waals surface area contributed by atoms with Gasteiger partial charge in [-0.3, -0.25) is 4.55 Å². The molecule has 8 heteroatoms. The summed E-state index contributed by atoms with van der Waals surface area (Å²) in [6.45, 7) is 0. The quantitative estimate of drug-likeness (QED) is 0.569. The fourth-order valence-corrected chi connectivity index (χ4v) is 0.995. The van der Waals surface area contributed by atoms with Crippen molar-refractivity contribution >= 4 is 21.0 Å². The molecular weight excluding hydrogens is 259 g/mol. The zero-order valence-electron chi connectivity index (χ0n) is 8.27. The molecule has 0 aliphatic heterocycles. The van der Waals surface area contributed by atoms with Crippen molar-refractivity contribution in [3.05, 3.63) is 36.5 Å². The van der Waals surface area contributed by atoms with Crippen LogP contribution in [0.25, 0.3) is 10.9 Å². The zero-order chi connectivity index (χ0) is 13.1. The van der Waals surface area contributed by atoms with Gasteiger partial charge in [-0.05, 0) is 17.5 Å². The Bertz CT molecular complexity index is 559. The lowest BCUT2D eigenvalue weighted by atomic mass is 10.3. The molecule has 17 heavy (non-hydrogen) atoms. The predicted molar refractivity (Wildman–Crippen MR) is 55.9 cm³/mol. The number of alkyl halides is 3. The number of hydrogen-bond acceptors (Lipinski definition) is 2. The van der Waals surface area contributed by atoms with Gasteiger partial charge in [0.15, 0.2) is 0 Å². The van der Waals surface area contributed by atoms with Crippen LogP contribution in [0.4, 0.5) is 13.2 Å². The van der Waals surface area contributed by atoms with Crippen LogP contribution >= 0.6 is 0 Å². The van der Waals surface area contributed by atoms with E-state index in [0.717, 1.165) is 0 Å². The number of hydrogen-bond donors (Lipinski definition) is 2. The van der Waals surface area contributed by atoms with E-state index in [1.165, 1.54) is 10.9 Å². The number of nitrogens with one attached hydrogen (secondary N) is 1. The third-order valence-electron chi connectivity index (χ3n) is 1.76. The molecule has 4 nitrogen and oxygen atoms in total. The van der Waals surface area contributed by atoms with E-state index in [9.17, 15) is 13.2 Å². The molecule has 0 spiro atoms. The van der Waals surface area contributed by atoms with Crippen molar-refractivity contribution in [2.24, 2.45) is 0 Å². The first kappa shape index (κ1) is 13.5. The Balaban J connectivity index is 0.000000172. The van der Waals surface area contributed by atoms with Crippen LogP contribution in [0.5, 0.6) is 0 Å². The lowest BCUT2D eigenvalue weighted by Crippen LogP contribution is -2.21. The van der Waals surface area contributed by atoms with Crippen molar-refractivity contribution in [3.8, 4) is 0 Å². The number of halogens is 3. The van der Waals surface area contributed by atoms with Crippen molar-refractivity contribution < 1.29 is 26.1 Å². The number of rotatable bonds is 0. The Morgan fingerprint density at radius 1 is 1.12 bits per heavy atom. The van der Waals surface area contributed by atoms with Crippen LogP contribution in [0.2, 0.25) is 0 Å². The largest absolute Gasteiger partial charge is 0.522 e. The molecule has 94 valence electrons. The van der Waals surface area contributed by atoms with Gasteiger partial charge in [0.25, 0.3) is 0 Å². The minimum Gasteiger partial charge on any atom is -0.361 e. The van der Waals surface area contributed by atoms with Crippen LogP contribution in [0, 0.1) is 0 Å². The second-order valence-electron chi connectivity index (χ2n) is 2.99. The van der Waals surface area contributed by atoms with Gasteiger partial charge >= 0.3 is 15.6 Å². The van der Waals surface area contributed by atoms with Crippen molar-refractivity contribution in [2.45, 2.75) is 5.51 Å². The Hall–Kier alpha value is -1.54. The van der Waals surface area contributed by atoms with Gasteiger partial charge in [-0.15, -0.1) is 0 Å². The Kier molecular flexibility index (Phi) is 3.79. The summed E-state index contributed by atoms with van der Waals surface area (Å²) in [6, 6.07) is 10.3. The van der Waals surface area contributed by atoms with E-state index >= 15 is 0 Å². The molecule has 0 aliphatic carbocycles. The summed E-state index contributed by atoms with van der Waals surface area (Å²) in [5, 5.41) is 1.28. The van der Waals surface area contributed by atoms with E-state index in [2.05, 4.69) is 23.2 Å². The van der Waals surface area contributed by atoms with Gasteiger partial charge in [0.05, 0.1) is 0 Å². The normalized spacial score (nSPS) is 12.0. The predicted octanol–water partition coefficient (Wildman–Crippen LogP) is 2.56. The molecule has 2 aromatic rings. The highest BCUT2D eigenvalue weighted by Gasteiger charge is 2.44. The van der Waals surface area contributed by atoms with Crippen LogP contribution in [-0.2, 0) is 10.1 Å². The molecule has 0 aliphatic rings. The molecule has 0 fully saturated rings. The molecule has 2 rings (SSSR count). The van der Waals surface area contributed by atoms with E-state index in [0.29, 0.717) is 0 Å². The number of benzene rings is 1. The molecular formula is C9H8F3NO3S. The average molecular weight is 267 g/mol. The third kappa shape index (κ3) is 3.75. The topological polar surface area (TPSA) is 70.2 Å². The molecule has 0 radical (unpaired) electrons. The van der Waals surface area contributed by atoms with Gasteiger partial charge in [0.1, 0.15) is 0 Å². The van der Waals surface area contributed by atoms with E-state index in [1.807, 2.05) is 18.3 Å². The monoisotopic (exact) mass is 267 g/mol. The second kappa shape index (κ2) is 4.76. The van der Waals surface area contributed by atoms with Crippen LogP contribution in [0.15, 0.2) is 36.5 Å². The first-order valence-electron chi connectivity index (χ1n) is 4.28. The van der Waals surface area contributed by atoms with Gasteiger partial charge in [0.2, 0.25) is 0 Å². The molecule has 0 amide bonds. The first-order chi connectivity index (χ1) is 7.72. The van der Waals surface area contributed by atoms with Gasteiger partial charge in [-0.2, -0.15) is 21.6 Å². The third-order valence-corrected chi connectivity index (χ3v) is 2.34. The molecule has 0 unspecified atom stereocenters. The SMILES string of the molecule is O=S(=O)(O)C(F)(F)F.c1ccc2[nH]ccc2c1.